The topological polar surface area (TPSA) is 115 Å². The molecule has 0 bridgehead atoms. The van der Waals surface area contributed by atoms with E-state index in [-0.39, 0.29) is 0 Å². The van der Waals surface area contributed by atoms with Gasteiger partial charge in [-0.05, 0) is 130 Å². The lowest BCUT2D eigenvalue weighted by Gasteiger charge is -2.21. The van der Waals surface area contributed by atoms with Gasteiger partial charge in [-0.1, -0.05) is 103 Å². The summed E-state index contributed by atoms with van der Waals surface area (Å²) in [5.41, 5.74) is 14.7. The fraction of sp³-hybridized carbons (Fsp3) is 0. The molecule has 0 amide bonds. The van der Waals surface area contributed by atoms with E-state index in [1.165, 1.54) is 0 Å². The van der Waals surface area contributed by atoms with Crippen molar-refractivity contribution in [1.82, 2.24) is 14.5 Å². The Morgan fingerprint density at radius 2 is 0.808 bits per heavy atom. The molecule has 9 nitrogen and oxygen atoms in total. The molecule has 0 fully saturated rings. The van der Waals surface area contributed by atoms with Crippen LogP contribution in [0.15, 0.2) is 200 Å². The highest BCUT2D eigenvalue weighted by atomic mass is 15.0. The third kappa shape index (κ3) is 8.34. The quantitative estimate of drug-likeness (QED) is 0.141. The van der Waals surface area contributed by atoms with E-state index in [0.717, 1.165) is 83.4 Å². The Morgan fingerprint density at radius 3 is 1.30 bits per heavy atom. The molecular formula is C64H33N9. The molecule has 0 N–H and O–H groups in total. The number of nitrogens with zero attached hydrogens (tertiary/aromatic N) is 9. The molecular weight excluding hydrogens is 895 g/mol. The minimum atomic E-state index is 0.344. The van der Waals surface area contributed by atoms with Gasteiger partial charge in [0.05, 0.1) is 71.6 Å². The summed E-state index contributed by atoms with van der Waals surface area (Å²) in [5.74, 6) is 0.472. The van der Waals surface area contributed by atoms with Crippen LogP contribution in [0.5, 0.6) is 0 Å². The Morgan fingerprint density at radius 1 is 0.356 bits per heavy atom. The lowest BCUT2D eigenvalue weighted by molar-refractivity contribution is 1.17. The first-order valence-corrected chi connectivity index (χ1v) is 23.0. The molecule has 0 aliphatic heterocycles. The molecule has 0 aliphatic rings. The zero-order valence-electron chi connectivity index (χ0n) is 38.6. The molecule has 0 atom stereocenters. The van der Waals surface area contributed by atoms with E-state index in [2.05, 4.69) is 61.6 Å². The van der Waals surface area contributed by atoms with E-state index in [0.29, 0.717) is 56.3 Å². The van der Waals surface area contributed by atoms with Crippen LogP contribution in [-0.2, 0) is 0 Å². The first-order valence-electron chi connectivity index (χ1n) is 23.0. The summed E-state index contributed by atoms with van der Waals surface area (Å²) in [6, 6.07) is 70.3. The van der Waals surface area contributed by atoms with Crippen LogP contribution < -0.4 is 0 Å². The number of rotatable bonds is 8. The first kappa shape index (κ1) is 44.3. The lowest BCUT2D eigenvalue weighted by atomic mass is 9.91. The zero-order chi connectivity index (χ0) is 50.0. The van der Waals surface area contributed by atoms with Gasteiger partial charge in [0.25, 0.3) is 0 Å². The third-order valence-electron chi connectivity index (χ3n) is 12.8. The maximum absolute atomic E-state index is 10.3. The van der Waals surface area contributed by atoms with Crippen LogP contribution in [-0.4, -0.2) is 14.5 Å². The van der Waals surface area contributed by atoms with Gasteiger partial charge < -0.3 is 4.57 Å². The zero-order valence-corrected chi connectivity index (χ0v) is 38.6. The first-order chi connectivity index (χ1) is 35.8. The lowest BCUT2D eigenvalue weighted by Crippen LogP contribution is -2.03. The molecule has 11 rings (SSSR count). The molecule has 0 aliphatic carbocycles. The van der Waals surface area contributed by atoms with Crippen LogP contribution in [0.2, 0.25) is 0 Å². The average molecular weight is 928 g/mol. The Labute approximate surface area is 420 Å². The Balaban J connectivity index is 1.28. The van der Waals surface area contributed by atoms with E-state index in [1.807, 2.05) is 127 Å². The molecule has 0 unspecified atom stereocenters. The molecule has 11 aromatic rings. The van der Waals surface area contributed by atoms with Crippen molar-refractivity contribution in [3.63, 3.8) is 0 Å². The number of benzene rings is 9. The summed E-state index contributed by atoms with van der Waals surface area (Å²) in [7, 11) is 0. The fourth-order valence-electron chi connectivity index (χ4n) is 9.47. The van der Waals surface area contributed by atoms with E-state index in [4.69, 9.17) is 29.7 Å². The van der Waals surface area contributed by atoms with Crippen molar-refractivity contribution >= 4 is 38.9 Å². The Hall–Kier alpha value is -11.2. The van der Waals surface area contributed by atoms with Crippen molar-refractivity contribution in [2.24, 2.45) is 0 Å². The van der Waals surface area contributed by atoms with Crippen LogP contribution in [0.4, 0.5) is 17.1 Å². The van der Waals surface area contributed by atoms with Crippen molar-refractivity contribution in [3.05, 3.63) is 251 Å². The van der Waals surface area contributed by atoms with E-state index in [9.17, 15) is 15.8 Å². The molecule has 334 valence electrons. The van der Waals surface area contributed by atoms with Crippen molar-refractivity contribution in [3.8, 4) is 102 Å². The molecule has 0 radical (unpaired) electrons. The predicted octanol–water partition coefficient (Wildman–Crippen LogP) is 16.5. The largest absolute Gasteiger partial charge is 0.308 e. The van der Waals surface area contributed by atoms with Crippen molar-refractivity contribution in [2.75, 3.05) is 0 Å². The number of nitriles is 3. The van der Waals surface area contributed by atoms with Crippen LogP contribution in [0.3, 0.4) is 0 Å². The number of hydrogen-bond acceptors (Lipinski definition) is 5. The molecule has 0 saturated heterocycles. The summed E-state index contributed by atoms with van der Waals surface area (Å²) in [6.45, 7) is 23.7. The minimum Gasteiger partial charge on any atom is -0.308 e. The monoisotopic (exact) mass is 927 g/mol. The van der Waals surface area contributed by atoms with Gasteiger partial charge in [0, 0.05) is 49.7 Å². The maximum atomic E-state index is 10.3. The second kappa shape index (κ2) is 18.7. The number of fused-ring (bicyclic) bond motifs is 3. The van der Waals surface area contributed by atoms with Crippen molar-refractivity contribution in [1.29, 1.82) is 15.8 Å². The molecule has 2 aromatic heterocycles. The molecule has 9 aromatic carbocycles. The Kier molecular flexibility index (Phi) is 11.4. The van der Waals surface area contributed by atoms with E-state index >= 15 is 0 Å². The van der Waals surface area contributed by atoms with Crippen LogP contribution >= 0.6 is 0 Å². The molecule has 9 heteroatoms. The standard InChI is InChI=1S/C64H33N9/c1-68-52-19-11-18-48(29-52)56-35-51(64-71-59(43-13-6-4-7-14-43)36-60(72-64)44-15-8-5-9-16-44)34-55(47-17-10-12-40(24-47)37-65)63(56)73-61-22-20-45(49-25-41(38-66)27-53(30-49)69-2)32-57(61)58-33-46(21-23-62(58)73)50-26-42(39-67)28-54(31-50)70-3/h4-36H. The summed E-state index contributed by atoms with van der Waals surface area (Å²) >= 11 is 0. The van der Waals surface area contributed by atoms with Crippen LogP contribution in [0.1, 0.15) is 16.7 Å². The van der Waals surface area contributed by atoms with E-state index < -0.39 is 0 Å². The van der Waals surface area contributed by atoms with Gasteiger partial charge in [0.2, 0.25) is 0 Å². The smallest absolute Gasteiger partial charge is 0.189 e. The molecule has 0 spiro atoms. The minimum absolute atomic E-state index is 0.344. The van der Waals surface area contributed by atoms with Gasteiger partial charge in [-0.2, -0.15) is 15.8 Å². The summed E-state index contributed by atoms with van der Waals surface area (Å²) in [6.07, 6.45) is 0. The normalized spacial score (nSPS) is 10.7. The number of aromatic nitrogens is 3. The van der Waals surface area contributed by atoms with E-state index in [1.54, 1.807) is 48.5 Å². The average Bonchev–Trinajstić information content (AvgIpc) is 3.79. The van der Waals surface area contributed by atoms with Crippen LogP contribution in [0, 0.1) is 53.7 Å². The summed E-state index contributed by atoms with van der Waals surface area (Å²) in [4.78, 5) is 21.7. The predicted molar refractivity (Wildman–Crippen MR) is 287 cm³/mol. The second-order valence-electron chi connectivity index (χ2n) is 17.3. The third-order valence-corrected chi connectivity index (χ3v) is 12.8. The van der Waals surface area contributed by atoms with Gasteiger partial charge in [0.15, 0.2) is 22.9 Å². The summed E-state index contributed by atoms with van der Waals surface area (Å²) < 4.78 is 2.21. The van der Waals surface area contributed by atoms with Gasteiger partial charge in [-0.25, -0.2) is 24.5 Å². The van der Waals surface area contributed by atoms with Gasteiger partial charge in [0.1, 0.15) is 0 Å². The van der Waals surface area contributed by atoms with Crippen molar-refractivity contribution < 1.29 is 0 Å². The number of hydrogen-bond donors (Lipinski definition) is 0. The Bertz CT molecular complexity index is 4000. The SMILES string of the molecule is [C-]#[N+]c1cc(C#N)cc(-c2ccc3c(c2)c2cc(-c4cc(C#N)cc([N+]#[C-])c4)ccc2n3-c2c(-c3cccc(C#N)c3)cc(-c3nc(-c4ccccc4)cc(-c4ccccc4)n3)cc2-c2cccc([N+]#[C-])c2)c1. The second-order valence-corrected chi connectivity index (χ2v) is 17.3. The highest BCUT2D eigenvalue weighted by Crippen LogP contribution is 2.46. The molecule has 0 saturated carbocycles. The van der Waals surface area contributed by atoms with Gasteiger partial charge in [-0.3, -0.25) is 0 Å². The highest BCUT2D eigenvalue weighted by Gasteiger charge is 2.24. The maximum Gasteiger partial charge on any atom is 0.189 e. The fourth-order valence-corrected chi connectivity index (χ4v) is 9.47. The van der Waals surface area contributed by atoms with Gasteiger partial charge >= 0.3 is 0 Å². The highest BCUT2D eigenvalue weighted by molar-refractivity contribution is 6.13. The van der Waals surface area contributed by atoms with Gasteiger partial charge in [-0.15, -0.1) is 0 Å². The molecule has 73 heavy (non-hydrogen) atoms. The van der Waals surface area contributed by atoms with Crippen molar-refractivity contribution in [2.45, 2.75) is 0 Å². The summed E-state index contributed by atoms with van der Waals surface area (Å²) in [5, 5.41) is 32.0. The van der Waals surface area contributed by atoms with Crippen LogP contribution in [0.25, 0.3) is 120 Å². The molecule has 2 heterocycles.